The molecule has 0 saturated heterocycles. The van der Waals surface area contributed by atoms with E-state index in [0.717, 1.165) is 25.7 Å². The van der Waals surface area contributed by atoms with Crippen molar-refractivity contribution in [3.8, 4) is 0 Å². The van der Waals surface area contributed by atoms with E-state index in [-0.39, 0.29) is 12.2 Å². The van der Waals surface area contributed by atoms with Crippen molar-refractivity contribution in [3.05, 3.63) is 0 Å². The number of hydrogen-bond donors (Lipinski definition) is 2. The zero-order chi connectivity index (χ0) is 14.9. The van der Waals surface area contributed by atoms with Crippen LogP contribution >= 0.6 is 0 Å². The fourth-order valence-electron chi connectivity index (χ4n) is 5.57. The van der Waals surface area contributed by atoms with Crippen LogP contribution in [0, 0.1) is 29.1 Å². The van der Waals surface area contributed by atoms with Crippen molar-refractivity contribution in [2.24, 2.45) is 29.1 Å². The second-order valence-corrected chi connectivity index (χ2v) is 7.79. The number of rotatable bonds is 4. The van der Waals surface area contributed by atoms with Gasteiger partial charge in [-0.15, -0.1) is 0 Å². The van der Waals surface area contributed by atoms with Crippen molar-refractivity contribution >= 4 is 0 Å². The van der Waals surface area contributed by atoms with Crippen LogP contribution in [0.15, 0.2) is 0 Å². The topological polar surface area (TPSA) is 40.5 Å². The van der Waals surface area contributed by atoms with Gasteiger partial charge in [0.15, 0.2) is 0 Å². The van der Waals surface area contributed by atoms with E-state index in [4.69, 9.17) is 0 Å². The van der Waals surface area contributed by atoms with Crippen molar-refractivity contribution in [1.29, 1.82) is 0 Å². The first-order valence-corrected chi connectivity index (χ1v) is 8.80. The third kappa shape index (κ3) is 2.78. The minimum absolute atomic E-state index is 0.137. The molecule has 2 aliphatic rings. The molecule has 0 amide bonds. The molecule has 2 N–H and O–H groups in total. The monoisotopic (exact) mass is 282 g/mol. The van der Waals surface area contributed by atoms with E-state index in [0.29, 0.717) is 29.1 Å². The van der Waals surface area contributed by atoms with Gasteiger partial charge in [-0.3, -0.25) is 0 Å². The molecule has 2 saturated carbocycles. The normalized spacial score (nSPS) is 46.8. The SMILES string of the molecule is CCCC(C)C1C(CC)[C@@]2(C)CC[C@@H](O)C[C@H]2C[C@H]1O. The Kier molecular flexibility index (Phi) is 5.18. The van der Waals surface area contributed by atoms with Gasteiger partial charge < -0.3 is 10.2 Å². The van der Waals surface area contributed by atoms with Gasteiger partial charge in [-0.2, -0.15) is 0 Å². The Hall–Kier alpha value is -0.0800. The lowest BCUT2D eigenvalue weighted by molar-refractivity contribution is -0.135. The van der Waals surface area contributed by atoms with Crippen LogP contribution in [0.1, 0.15) is 72.6 Å². The lowest BCUT2D eigenvalue weighted by atomic mass is 9.49. The zero-order valence-corrected chi connectivity index (χ0v) is 13.8. The quantitative estimate of drug-likeness (QED) is 0.818. The van der Waals surface area contributed by atoms with Crippen LogP contribution in [0.2, 0.25) is 0 Å². The standard InChI is InChI=1S/C18H34O2/c1-5-7-12(3)17-15(6-2)18(4)9-8-14(19)10-13(18)11-16(17)20/h12-17,19-20H,5-11H2,1-4H3/t12?,13-,14+,15?,16+,17?,18-/m0/s1. The summed E-state index contributed by atoms with van der Waals surface area (Å²) in [4.78, 5) is 0. The molecule has 2 rings (SSSR count). The Bertz CT molecular complexity index is 317. The fraction of sp³-hybridized carbons (Fsp3) is 1.00. The zero-order valence-electron chi connectivity index (χ0n) is 13.8. The Morgan fingerprint density at radius 1 is 1.20 bits per heavy atom. The first-order chi connectivity index (χ1) is 9.43. The highest BCUT2D eigenvalue weighted by atomic mass is 16.3. The summed E-state index contributed by atoms with van der Waals surface area (Å²) in [5.41, 5.74) is 0.333. The molecule has 0 bridgehead atoms. The molecule has 0 aliphatic heterocycles. The maximum atomic E-state index is 10.7. The first-order valence-electron chi connectivity index (χ1n) is 8.80. The predicted octanol–water partition coefficient (Wildman–Crippen LogP) is 4.00. The molecule has 7 atom stereocenters. The number of fused-ring (bicyclic) bond motifs is 1. The van der Waals surface area contributed by atoms with E-state index in [9.17, 15) is 10.2 Å². The van der Waals surface area contributed by atoms with Crippen LogP contribution < -0.4 is 0 Å². The number of aliphatic hydroxyl groups excluding tert-OH is 2. The van der Waals surface area contributed by atoms with Gasteiger partial charge in [0.2, 0.25) is 0 Å². The number of hydrogen-bond acceptors (Lipinski definition) is 2. The molecule has 20 heavy (non-hydrogen) atoms. The van der Waals surface area contributed by atoms with Crippen molar-refractivity contribution in [1.82, 2.24) is 0 Å². The molecule has 3 unspecified atom stereocenters. The summed E-state index contributed by atoms with van der Waals surface area (Å²) in [7, 11) is 0. The van der Waals surface area contributed by atoms with E-state index in [1.807, 2.05) is 0 Å². The molecule has 0 heterocycles. The van der Waals surface area contributed by atoms with Gasteiger partial charge in [0.25, 0.3) is 0 Å². The lowest BCUT2D eigenvalue weighted by Crippen LogP contribution is -2.54. The average Bonchev–Trinajstić information content (AvgIpc) is 2.39. The summed E-state index contributed by atoms with van der Waals surface area (Å²) in [6, 6.07) is 0. The maximum absolute atomic E-state index is 10.7. The minimum atomic E-state index is -0.162. The van der Waals surface area contributed by atoms with Crippen molar-refractivity contribution < 1.29 is 10.2 Å². The third-order valence-electron chi connectivity index (χ3n) is 6.63. The van der Waals surface area contributed by atoms with Gasteiger partial charge in [-0.05, 0) is 54.8 Å². The van der Waals surface area contributed by atoms with Gasteiger partial charge in [0.05, 0.1) is 12.2 Å². The summed E-state index contributed by atoms with van der Waals surface area (Å²) in [5, 5.41) is 20.7. The molecule has 2 fully saturated rings. The highest BCUT2D eigenvalue weighted by molar-refractivity contribution is 5.02. The molecule has 0 spiro atoms. The summed E-state index contributed by atoms with van der Waals surface area (Å²) in [6.45, 7) is 9.31. The second-order valence-electron chi connectivity index (χ2n) is 7.79. The third-order valence-corrected chi connectivity index (χ3v) is 6.63. The van der Waals surface area contributed by atoms with Crippen molar-refractivity contribution in [2.45, 2.75) is 84.8 Å². The lowest BCUT2D eigenvalue weighted by Gasteiger charge is -2.57. The van der Waals surface area contributed by atoms with Crippen molar-refractivity contribution in [2.75, 3.05) is 0 Å². The molecule has 0 aromatic heterocycles. The molecular formula is C18H34O2. The largest absolute Gasteiger partial charge is 0.393 e. The molecule has 2 aliphatic carbocycles. The molecule has 2 nitrogen and oxygen atoms in total. The summed E-state index contributed by atoms with van der Waals surface area (Å²) in [5.74, 6) is 2.20. The van der Waals surface area contributed by atoms with Crippen LogP contribution in [-0.2, 0) is 0 Å². The molecule has 0 aromatic rings. The average molecular weight is 282 g/mol. The van der Waals surface area contributed by atoms with Gasteiger partial charge in [-0.1, -0.05) is 47.0 Å². The Labute approximate surface area is 125 Å². The second kappa shape index (κ2) is 6.36. The predicted molar refractivity (Wildman–Crippen MR) is 83.4 cm³/mol. The highest BCUT2D eigenvalue weighted by Gasteiger charge is 2.53. The smallest absolute Gasteiger partial charge is 0.0576 e. The van der Waals surface area contributed by atoms with E-state index in [2.05, 4.69) is 27.7 Å². The molecular weight excluding hydrogens is 248 g/mol. The van der Waals surface area contributed by atoms with Crippen LogP contribution in [0.4, 0.5) is 0 Å². The van der Waals surface area contributed by atoms with Gasteiger partial charge in [-0.25, -0.2) is 0 Å². The van der Waals surface area contributed by atoms with Gasteiger partial charge in [0.1, 0.15) is 0 Å². The van der Waals surface area contributed by atoms with E-state index >= 15 is 0 Å². The maximum Gasteiger partial charge on any atom is 0.0576 e. The molecule has 2 heteroatoms. The summed E-state index contributed by atoms with van der Waals surface area (Å²) >= 11 is 0. The summed E-state index contributed by atoms with van der Waals surface area (Å²) < 4.78 is 0. The van der Waals surface area contributed by atoms with E-state index in [1.54, 1.807) is 0 Å². The van der Waals surface area contributed by atoms with Crippen molar-refractivity contribution in [3.63, 3.8) is 0 Å². The highest BCUT2D eigenvalue weighted by Crippen LogP contribution is 2.58. The van der Waals surface area contributed by atoms with Crippen LogP contribution in [0.25, 0.3) is 0 Å². The van der Waals surface area contributed by atoms with Crippen LogP contribution in [-0.4, -0.2) is 22.4 Å². The molecule has 118 valence electrons. The Balaban J connectivity index is 2.24. The molecule has 0 radical (unpaired) electrons. The fourth-order valence-corrected chi connectivity index (χ4v) is 5.57. The van der Waals surface area contributed by atoms with Crippen LogP contribution in [0.5, 0.6) is 0 Å². The first kappa shape index (κ1) is 16.3. The Morgan fingerprint density at radius 2 is 1.90 bits per heavy atom. The van der Waals surface area contributed by atoms with E-state index < -0.39 is 0 Å². The molecule has 0 aromatic carbocycles. The Morgan fingerprint density at radius 3 is 2.50 bits per heavy atom. The minimum Gasteiger partial charge on any atom is -0.393 e. The van der Waals surface area contributed by atoms with Gasteiger partial charge in [0, 0.05) is 0 Å². The van der Waals surface area contributed by atoms with E-state index in [1.165, 1.54) is 19.3 Å². The summed E-state index contributed by atoms with van der Waals surface area (Å²) in [6.07, 6.45) is 7.20. The number of aliphatic hydroxyl groups is 2. The van der Waals surface area contributed by atoms with Gasteiger partial charge >= 0.3 is 0 Å². The van der Waals surface area contributed by atoms with Crippen LogP contribution in [0.3, 0.4) is 0 Å².